The fraction of sp³-hybridized carbons (Fsp3) is 0.320. The number of fused-ring (bicyclic) bond motifs is 4. The average molecular weight is 687 g/mol. The van der Waals surface area contributed by atoms with Crippen LogP contribution in [0.3, 0.4) is 0 Å². The summed E-state index contributed by atoms with van der Waals surface area (Å²) < 4.78 is 12.6. The smallest absolute Gasteiger partial charge is 0.119 e. The van der Waals surface area contributed by atoms with Gasteiger partial charge in [-0.1, -0.05) is 151 Å². The molecule has 7 aromatic carbocycles. The van der Waals surface area contributed by atoms with E-state index in [9.17, 15) is 0 Å². The Balaban J connectivity index is 1.23. The van der Waals surface area contributed by atoms with Gasteiger partial charge in [0.2, 0.25) is 0 Å². The number of ether oxygens (including phenoxy) is 2. The maximum absolute atomic E-state index is 6.31. The molecule has 0 aliphatic rings. The van der Waals surface area contributed by atoms with E-state index in [1.165, 1.54) is 104 Å². The number of rotatable bonds is 16. The number of unbranched alkanes of at least 4 members (excludes halogenated alkanes) is 2. The summed E-state index contributed by atoms with van der Waals surface area (Å²) in [6.07, 6.45) is 9.81. The topological polar surface area (TPSA) is 18.5 Å². The van der Waals surface area contributed by atoms with Crippen molar-refractivity contribution in [3.05, 3.63) is 121 Å². The van der Waals surface area contributed by atoms with Gasteiger partial charge in [0, 0.05) is 0 Å². The van der Waals surface area contributed by atoms with E-state index in [2.05, 4.69) is 149 Å². The van der Waals surface area contributed by atoms with Crippen molar-refractivity contribution in [1.29, 1.82) is 0 Å². The minimum Gasteiger partial charge on any atom is -0.493 e. The predicted molar refractivity (Wildman–Crippen MR) is 225 cm³/mol. The summed E-state index contributed by atoms with van der Waals surface area (Å²) in [6, 6.07) is 44.8. The first-order chi connectivity index (χ1) is 25.6. The molecule has 0 saturated heterocycles. The van der Waals surface area contributed by atoms with Crippen LogP contribution in [0.4, 0.5) is 0 Å². The summed E-state index contributed by atoms with van der Waals surface area (Å²) >= 11 is 0. The molecule has 7 rings (SSSR count). The Bertz CT molecular complexity index is 2060. The fourth-order valence-corrected chi connectivity index (χ4v) is 7.91. The van der Waals surface area contributed by atoms with Gasteiger partial charge < -0.3 is 9.47 Å². The quantitative estimate of drug-likeness (QED) is 0.0942. The van der Waals surface area contributed by atoms with Crippen LogP contribution in [0.2, 0.25) is 0 Å². The van der Waals surface area contributed by atoms with Crippen LogP contribution in [0.1, 0.15) is 79.1 Å². The van der Waals surface area contributed by atoms with Crippen molar-refractivity contribution in [2.75, 3.05) is 13.2 Å². The molecule has 266 valence electrons. The molecule has 2 heteroatoms. The summed E-state index contributed by atoms with van der Waals surface area (Å²) in [4.78, 5) is 0. The van der Waals surface area contributed by atoms with Crippen LogP contribution in [0.15, 0.2) is 121 Å². The normalized spacial score (nSPS) is 12.8. The van der Waals surface area contributed by atoms with Crippen LogP contribution in [0.5, 0.6) is 11.5 Å². The van der Waals surface area contributed by atoms with Crippen molar-refractivity contribution in [2.24, 2.45) is 11.8 Å². The summed E-state index contributed by atoms with van der Waals surface area (Å²) in [7, 11) is 0. The molecule has 0 fully saturated rings. The highest BCUT2D eigenvalue weighted by Crippen LogP contribution is 2.44. The van der Waals surface area contributed by atoms with Gasteiger partial charge in [-0.3, -0.25) is 0 Å². The van der Waals surface area contributed by atoms with Gasteiger partial charge in [-0.2, -0.15) is 0 Å². The van der Waals surface area contributed by atoms with Crippen LogP contribution < -0.4 is 9.47 Å². The minimum atomic E-state index is 0.614. The molecule has 0 spiro atoms. The zero-order chi connectivity index (χ0) is 35.9. The Morgan fingerprint density at radius 2 is 0.788 bits per heavy atom. The third-order valence-electron chi connectivity index (χ3n) is 11.2. The Hall–Kier alpha value is -4.82. The zero-order valence-electron chi connectivity index (χ0n) is 31.6. The van der Waals surface area contributed by atoms with Crippen molar-refractivity contribution >= 4 is 43.1 Å². The van der Waals surface area contributed by atoms with E-state index in [1.54, 1.807) is 0 Å². The highest BCUT2D eigenvalue weighted by atomic mass is 16.5. The Morgan fingerprint density at radius 3 is 1.15 bits per heavy atom. The van der Waals surface area contributed by atoms with E-state index in [1.807, 2.05) is 0 Å². The highest BCUT2D eigenvalue weighted by molar-refractivity contribution is 6.22. The van der Waals surface area contributed by atoms with Crippen LogP contribution in [-0.2, 0) is 0 Å². The van der Waals surface area contributed by atoms with Crippen molar-refractivity contribution in [3.8, 4) is 33.8 Å². The molecular weight excluding hydrogens is 633 g/mol. The first kappa shape index (κ1) is 35.6. The number of hydrogen-bond acceptors (Lipinski definition) is 2. The van der Waals surface area contributed by atoms with Crippen molar-refractivity contribution < 1.29 is 9.47 Å². The molecule has 0 aliphatic carbocycles. The van der Waals surface area contributed by atoms with Crippen molar-refractivity contribution in [3.63, 3.8) is 0 Å². The molecule has 0 saturated carbocycles. The number of benzene rings is 7. The Kier molecular flexibility index (Phi) is 11.4. The lowest BCUT2D eigenvalue weighted by Gasteiger charge is -2.19. The molecule has 0 aliphatic heterocycles. The molecule has 0 radical (unpaired) electrons. The standard InChI is InChI=1S/C50H54O2/c1-5-9-15-35(7-3)33-51-43-27-25-37-29-41(23-21-39(37)31-43)49-45-17-11-13-19-47(45)50(48-20-14-12-18-46(48)49)42-24-22-40-32-44(28-26-38(40)30-42)52-34-36(8-4)16-10-6-2/h11-14,17-32,35-36H,5-10,15-16,33-34H2,1-4H3. The molecule has 0 N–H and O–H groups in total. The van der Waals surface area contributed by atoms with Crippen molar-refractivity contribution in [2.45, 2.75) is 79.1 Å². The van der Waals surface area contributed by atoms with Crippen LogP contribution in [-0.4, -0.2) is 13.2 Å². The van der Waals surface area contributed by atoms with Gasteiger partial charge in [0.25, 0.3) is 0 Å². The van der Waals surface area contributed by atoms with Crippen LogP contribution in [0.25, 0.3) is 65.3 Å². The second-order valence-electron chi connectivity index (χ2n) is 14.7. The molecule has 0 heterocycles. The summed E-state index contributed by atoms with van der Waals surface area (Å²) in [6.45, 7) is 10.6. The van der Waals surface area contributed by atoms with E-state index < -0.39 is 0 Å². The fourth-order valence-electron chi connectivity index (χ4n) is 7.91. The van der Waals surface area contributed by atoms with Gasteiger partial charge in [0.15, 0.2) is 0 Å². The van der Waals surface area contributed by atoms with Gasteiger partial charge in [-0.25, -0.2) is 0 Å². The van der Waals surface area contributed by atoms with Gasteiger partial charge in [0.1, 0.15) is 11.5 Å². The maximum Gasteiger partial charge on any atom is 0.119 e. The third kappa shape index (κ3) is 7.68. The van der Waals surface area contributed by atoms with Gasteiger partial charge in [-0.05, 0) is 126 Å². The molecule has 0 bridgehead atoms. The average Bonchev–Trinajstić information content (AvgIpc) is 3.19. The second-order valence-corrected chi connectivity index (χ2v) is 14.7. The van der Waals surface area contributed by atoms with E-state index in [0.717, 1.165) is 37.6 Å². The summed E-state index contributed by atoms with van der Waals surface area (Å²) in [5.74, 6) is 3.15. The first-order valence-corrected chi connectivity index (χ1v) is 19.9. The lowest BCUT2D eigenvalue weighted by atomic mass is 9.85. The monoisotopic (exact) mass is 686 g/mol. The van der Waals surface area contributed by atoms with E-state index in [0.29, 0.717) is 11.8 Å². The first-order valence-electron chi connectivity index (χ1n) is 19.9. The molecule has 2 unspecified atom stereocenters. The van der Waals surface area contributed by atoms with E-state index in [4.69, 9.17) is 9.47 Å². The van der Waals surface area contributed by atoms with Gasteiger partial charge in [0.05, 0.1) is 13.2 Å². The van der Waals surface area contributed by atoms with E-state index >= 15 is 0 Å². The molecule has 2 atom stereocenters. The second kappa shape index (κ2) is 16.7. The molecule has 7 aromatic rings. The van der Waals surface area contributed by atoms with Crippen LogP contribution in [0, 0.1) is 11.8 Å². The molecule has 2 nitrogen and oxygen atoms in total. The number of hydrogen-bond donors (Lipinski definition) is 0. The van der Waals surface area contributed by atoms with Crippen molar-refractivity contribution in [1.82, 2.24) is 0 Å². The maximum atomic E-state index is 6.31. The predicted octanol–water partition coefficient (Wildman–Crippen LogP) is 14.8. The highest BCUT2D eigenvalue weighted by Gasteiger charge is 2.17. The summed E-state index contributed by atoms with van der Waals surface area (Å²) in [5, 5.41) is 9.94. The lowest BCUT2D eigenvalue weighted by Crippen LogP contribution is -2.11. The molecule has 52 heavy (non-hydrogen) atoms. The molecule has 0 amide bonds. The third-order valence-corrected chi connectivity index (χ3v) is 11.2. The van der Waals surface area contributed by atoms with Crippen LogP contribution >= 0.6 is 0 Å². The Morgan fingerprint density at radius 1 is 0.423 bits per heavy atom. The summed E-state index contributed by atoms with van der Waals surface area (Å²) in [5.41, 5.74) is 5.03. The SMILES string of the molecule is CCCCC(CC)COc1ccc2cc(-c3c4ccccc4c(-c4ccc5cc(OCC(CC)CCCC)ccc5c4)c4ccccc34)ccc2c1. The minimum absolute atomic E-state index is 0.614. The van der Waals surface area contributed by atoms with E-state index in [-0.39, 0.29) is 0 Å². The van der Waals surface area contributed by atoms with Gasteiger partial charge >= 0.3 is 0 Å². The molecular formula is C50H54O2. The molecule has 0 aromatic heterocycles. The van der Waals surface area contributed by atoms with Gasteiger partial charge in [-0.15, -0.1) is 0 Å². The largest absolute Gasteiger partial charge is 0.493 e. The Labute approximate surface area is 310 Å². The zero-order valence-corrected chi connectivity index (χ0v) is 31.6. The lowest BCUT2D eigenvalue weighted by molar-refractivity contribution is 0.233.